The summed E-state index contributed by atoms with van der Waals surface area (Å²) in [4.78, 5) is 14.1. The second-order valence-electron chi connectivity index (χ2n) is 5.84. The number of halogens is 2. The van der Waals surface area contributed by atoms with Gasteiger partial charge in [-0.15, -0.1) is 0 Å². The fraction of sp³-hybridized carbons (Fsp3) is 0.562. The average Bonchev–Trinajstić information content (AvgIpc) is 2.48. The zero-order chi connectivity index (χ0) is 15.6. The largest absolute Gasteiger partial charge is 0.338 e. The van der Waals surface area contributed by atoms with E-state index in [1.807, 2.05) is 6.92 Å². The van der Waals surface area contributed by atoms with E-state index >= 15 is 0 Å². The van der Waals surface area contributed by atoms with Crippen LogP contribution in [0.4, 0.5) is 8.78 Å². The summed E-state index contributed by atoms with van der Waals surface area (Å²) in [5.41, 5.74) is 0.203. The Balaban J connectivity index is 2.16. The Kier molecular flexibility index (Phi) is 4.93. The molecule has 3 atom stereocenters. The van der Waals surface area contributed by atoms with Crippen LogP contribution < -0.4 is 5.32 Å². The number of hydrogen-bond donors (Lipinski definition) is 1. The number of rotatable bonds is 3. The zero-order valence-corrected chi connectivity index (χ0v) is 12.7. The maximum absolute atomic E-state index is 13.8. The van der Waals surface area contributed by atoms with Crippen LogP contribution in [0.15, 0.2) is 18.2 Å². The third kappa shape index (κ3) is 3.40. The van der Waals surface area contributed by atoms with Crippen molar-refractivity contribution in [3.63, 3.8) is 0 Å². The van der Waals surface area contributed by atoms with E-state index in [-0.39, 0.29) is 23.4 Å². The molecule has 5 heteroatoms. The molecule has 1 saturated heterocycles. The highest BCUT2D eigenvalue weighted by atomic mass is 19.1. The first-order valence-electron chi connectivity index (χ1n) is 7.37. The summed E-state index contributed by atoms with van der Waals surface area (Å²) < 4.78 is 27.1. The molecule has 0 aromatic heterocycles. The molecule has 1 aliphatic heterocycles. The lowest BCUT2D eigenvalue weighted by Gasteiger charge is -2.35. The van der Waals surface area contributed by atoms with Crippen molar-refractivity contribution in [2.75, 3.05) is 13.6 Å². The van der Waals surface area contributed by atoms with Crippen LogP contribution in [0.2, 0.25) is 0 Å². The summed E-state index contributed by atoms with van der Waals surface area (Å²) in [6, 6.07) is 2.58. The molecular formula is C16H22F2N2O. The molecule has 116 valence electrons. The smallest absolute Gasteiger partial charge is 0.240 e. The number of nitrogens with one attached hydrogen (secondary N) is 1. The summed E-state index contributed by atoms with van der Waals surface area (Å²) in [6.45, 7) is 4.57. The van der Waals surface area contributed by atoms with Crippen LogP contribution in [0.25, 0.3) is 0 Å². The molecule has 0 spiro atoms. The van der Waals surface area contributed by atoms with E-state index in [0.717, 1.165) is 37.6 Å². The Hall–Kier alpha value is -1.49. The van der Waals surface area contributed by atoms with Gasteiger partial charge < -0.3 is 10.2 Å². The molecule has 0 aliphatic carbocycles. The number of carbonyl (C=O) groups excluding carboxylic acids is 1. The summed E-state index contributed by atoms with van der Waals surface area (Å²) in [6.07, 6.45) is 2.06. The molecule has 1 aromatic carbocycles. The molecule has 3 unspecified atom stereocenters. The van der Waals surface area contributed by atoms with Crippen molar-refractivity contribution < 1.29 is 13.6 Å². The summed E-state index contributed by atoms with van der Waals surface area (Å²) >= 11 is 0. The van der Waals surface area contributed by atoms with Crippen LogP contribution in [-0.4, -0.2) is 30.4 Å². The van der Waals surface area contributed by atoms with Gasteiger partial charge in [-0.2, -0.15) is 0 Å². The Labute approximate surface area is 124 Å². The SMILES string of the molecule is CC1CCCNC1C(=O)N(C)C(C)c1cc(F)ccc1F. The van der Waals surface area contributed by atoms with Crippen molar-refractivity contribution >= 4 is 5.91 Å². The Morgan fingerprint density at radius 2 is 2.14 bits per heavy atom. The molecule has 21 heavy (non-hydrogen) atoms. The minimum absolute atomic E-state index is 0.0710. The number of carbonyl (C=O) groups is 1. The second-order valence-corrected chi connectivity index (χ2v) is 5.84. The molecule has 1 aromatic rings. The van der Waals surface area contributed by atoms with Gasteiger partial charge in [0.25, 0.3) is 0 Å². The predicted molar refractivity (Wildman–Crippen MR) is 77.7 cm³/mol. The van der Waals surface area contributed by atoms with Gasteiger partial charge >= 0.3 is 0 Å². The van der Waals surface area contributed by atoms with Gasteiger partial charge in [-0.1, -0.05) is 6.92 Å². The quantitative estimate of drug-likeness (QED) is 0.930. The van der Waals surface area contributed by atoms with E-state index in [1.54, 1.807) is 14.0 Å². The van der Waals surface area contributed by atoms with Crippen molar-refractivity contribution in [3.05, 3.63) is 35.4 Å². The van der Waals surface area contributed by atoms with E-state index in [2.05, 4.69) is 5.32 Å². The van der Waals surface area contributed by atoms with E-state index in [4.69, 9.17) is 0 Å². The van der Waals surface area contributed by atoms with Crippen LogP contribution in [-0.2, 0) is 4.79 Å². The van der Waals surface area contributed by atoms with Crippen LogP contribution >= 0.6 is 0 Å². The van der Waals surface area contributed by atoms with E-state index in [9.17, 15) is 13.6 Å². The monoisotopic (exact) mass is 296 g/mol. The normalized spacial score (nSPS) is 23.7. The van der Waals surface area contributed by atoms with Crippen molar-refractivity contribution in [2.24, 2.45) is 5.92 Å². The van der Waals surface area contributed by atoms with Crippen molar-refractivity contribution in [3.8, 4) is 0 Å². The first-order valence-corrected chi connectivity index (χ1v) is 7.37. The first kappa shape index (κ1) is 15.9. The minimum Gasteiger partial charge on any atom is -0.338 e. The van der Waals surface area contributed by atoms with Gasteiger partial charge in [0.15, 0.2) is 0 Å². The van der Waals surface area contributed by atoms with E-state index in [0.29, 0.717) is 0 Å². The van der Waals surface area contributed by atoms with E-state index in [1.165, 1.54) is 4.90 Å². The van der Waals surface area contributed by atoms with Gasteiger partial charge in [0, 0.05) is 12.6 Å². The fourth-order valence-electron chi connectivity index (χ4n) is 2.83. The number of benzene rings is 1. The molecule has 1 amide bonds. The third-order valence-corrected chi connectivity index (χ3v) is 4.37. The third-order valence-electron chi connectivity index (χ3n) is 4.37. The van der Waals surface area contributed by atoms with Crippen molar-refractivity contribution in [1.29, 1.82) is 0 Å². The van der Waals surface area contributed by atoms with Gasteiger partial charge in [0.05, 0.1) is 12.1 Å². The number of amides is 1. The average molecular weight is 296 g/mol. The number of nitrogens with zero attached hydrogens (tertiary/aromatic N) is 1. The molecule has 1 heterocycles. The van der Waals surface area contributed by atoms with Crippen LogP contribution in [0.1, 0.15) is 38.3 Å². The maximum atomic E-state index is 13.8. The first-order chi connectivity index (χ1) is 9.91. The number of hydrogen-bond acceptors (Lipinski definition) is 2. The lowest BCUT2D eigenvalue weighted by atomic mass is 9.91. The minimum atomic E-state index is -0.510. The zero-order valence-electron chi connectivity index (χ0n) is 12.7. The molecule has 2 rings (SSSR count). The Morgan fingerprint density at radius 1 is 1.43 bits per heavy atom. The van der Waals surface area contributed by atoms with Gasteiger partial charge in [-0.05, 0) is 50.4 Å². The van der Waals surface area contributed by atoms with E-state index < -0.39 is 17.7 Å². The van der Waals surface area contributed by atoms with Gasteiger partial charge in [0.1, 0.15) is 11.6 Å². The maximum Gasteiger partial charge on any atom is 0.240 e. The molecule has 1 N–H and O–H groups in total. The molecule has 1 aliphatic rings. The lowest BCUT2D eigenvalue weighted by Crippen LogP contribution is -2.51. The van der Waals surface area contributed by atoms with Gasteiger partial charge in [-0.25, -0.2) is 8.78 Å². The van der Waals surface area contributed by atoms with Crippen molar-refractivity contribution in [1.82, 2.24) is 10.2 Å². The van der Waals surface area contributed by atoms with Crippen LogP contribution in [0.3, 0.4) is 0 Å². The lowest BCUT2D eigenvalue weighted by molar-refractivity contribution is -0.136. The molecular weight excluding hydrogens is 274 g/mol. The highest BCUT2D eigenvalue weighted by Crippen LogP contribution is 2.25. The number of likely N-dealkylation sites (N-methyl/N-ethyl adjacent to an activating group) is 1. The molecule has 0 radical (unpaired) electrons. The summed E-state index contributed by atoms with van der Waals surface area (Å²) in [5.74, 6) is -0.812. The topological polar surface area (TPSA) is 32.3 Å². The molecule has 3 nitrogen and oxygen atoms in total. The number of piperidine rings is 1. The highest BCUT2D eigenvalue weighted by molar-refractivity contribution is 5.82. The molecule has 0 bridgehead atoms. The van der Waals surface area contributed by atoms with Gasteiger partial charge in [-0.3, -0.25) is 4.79 Å². The highest BCUT2D eigenvalue weighted by Gasteiger charge is 2.32. The summed E-state index contributed by atoms with van der Waals surface area (Å²) in [7, 11) is 1.64. The molecule has 1 fully saturated rings. The summed E-state index contributed by atoms with van der Waals surface area (Å²) in [5, 5.41) is 3.22. The Bertz CT molecular complexity index is 521. The van der Waals surface area contributed by atoms with Crippen molar-refractivity contribution in [2.45, 2.75) is 38.8 Å². The van der Waals surface area contributed by atoms with Gasteiger partial charge in [0.2, 0.25) is 5.91 Å². The Morgan fingerprint density at radius 3 is 2.81 bits per heavy atom. The second kappa shape index (κ2) is 6.52. The molecule has 0 saturated carbocycles. The van der Waals surface area contributed by atoms with Crippen LogP contribution in [0, 0.1) is 17.6 Å². The standard InChI is InChI=1S/C16H22F2N2O/c1-10-5-4-8-19-15(10)16(21)20(3)11(2)13-9-12(17)6-7-14(13)18/h6-7,9-11,15,19H,4-5,8H2,1-3H3. The fourth-order valence-corrected chi connectivity index (χ4v) is 2.83. The van der Waals surface area contributed by atoms with Crippen LogP contribution in [0.5, 0.6) is 0 Å². The predicted octanol–water partition coefficient (Wildman–Crippen LogP) is 2.87.